The predicted octanol–water partition coefficient (Wildman–Crippen LogP) is 6.17. The zero-order valence-corrected chi connectivity index (χ0v) is 21.6. The van der Waals surface area contributed by atoms with Crippen molar-refractivity contribution in [3.8, 4) is 22.6 Å². The van der Waals surface area contributed by atoms with E-state index in [9.17, 15) is 14.0 Å². The average Bonchev–Trinajstić information content (AvgIpc) is 3.34. The average molecular weight is 520 g/mol. The van der Waals surface area contributed by atoms with E-state index < -0.39 is 0 Å². The molecule has 0 unspecified atom stereocenters. The lowest BCUT2D eigenvalue weighted by atomic mass is 9.99. The third kappa shape index (κ3) is 4.56. The SMILES string of the molecule is CNC(=O)c1c(-c2ccc(C)cc2)oc2ccc(-c3ccc4c(n3)C(=O)N(Cc3ccc(F)cc3)CC4)cc12. The van der Waals surface area contributed by atoms with E-state index in [1.165, 1.54) is 12.1 Å². The molecule has 194 valence electrons. The highest BCUT2D eigenvalue weighted by atomic mass is 19.1. The monoisotopic (exact) mass is 519 g/mol. The molecule has 2 amide bonds. The fourth-order valence-electron chi connectivity index (χ4n) is 5.02. The smallest absolute Gasteiger partial charge is 0.273 e. The molecule has 39 heavy (non-hydrogen) atoms. The Morgan fingerprint density at radius 2 is 1.74 bits per heavy atom. The summed E-state index contributed by atoms with van der Waals surface area (Å²) in [5.41, 5.74) is 6.56. The summed E-state index contributed by atoms with van der Waals surface area (Å²) in [5.74, 6) is -0.196. The topological polar surface area (TPSA) is 75.4 Å². The summed E-state index contributed by atoms with van der Waals surface area (Å²) < 4.78 is 19.5. The van der Waals surface area contributed by atoms with Gasteiger partial charge < -0.3 is 14.6 Å². The van der Waals surface area contributed by atoms with Gasteiger partial charge in [0.05, 0.1) is 11.3 Å². The van der Waals surface area contributed by atoms with Crippen molar-refractivity contribution in [2.45, 2.75) is 19.9 Å². The molecule has 7 heteroatoms. The maximum Gasteiger partial charge on any atom is 0.273 e. The van der Waals surface area contributed by atoms with Crippen LogP contribution in [-0.2, 0) is 13.0 Å². The minimum absolute atomic E-state index is 0.153. The van der Waals surface area contributed by atoms with Crippen LogP contribution in [0.2, 0.25) is 0 Å². The van der Waals surface area contributed by atoms with E-state index in [-0.39, 0.29) is 17.6 Å². The maximum absolute atomic E-state index is 13.4. The van der Waals surface area contributed by atoms with Gasteiger partial charge in [0.1, 0.15) is 22.9 Å². The van der Waals surface area contributed by atoms with Crippen LogP contribution in [0.15, 0.2) is 83.3 Å². The number of rotatable bonds is 5. The van der Waals surface area contributed by atoms with E-state index in [2.05, 4.69) is 5.32 Å². The second kappa shape index (κ2) is 9.83. The van der Waals surface area contributed by atoms with Gasteiger partial charge in [-0.15, -0.1) is 0 Å². The number of amides is 2. The molecule has 3 heterocycles. The van der Waals surface area contributed by atoms with Crippen molar-refractivity contribution in [3.63, 3.8) is 0 Å². The van der Waals surface area contributed by atoms with Crippen LogP contribution in [0.25, 0.3) is 33.6 Å². The van der Waals surface area contributed by atoms with Crippen molar-refractivity contribution in [2.24, 2.45) is 0 Å². The standard InChI is InChI=1S/C32H26FN3O3/c1-19-3-7-22(8-4-19)30-28(31(37)34-2)25-17-23(10-14-27(25)39-30)26-13-9-21-15-16-36(32(38)29(21)35-26)18-20-5-11-24(33)12-6-20/h3-14,17H,15-16,18H2,1-2H3,(H,34,37). The highest BCUT2D eigenvalue weighted by Gasteiger charge is 2.27. The number of furan rings is 1. The molecule has 1 aliphatic heterocycles. The summed E-state index contributed by atoms with van der Waals surface area (Å²) in [6.07, 6.45) is 0.692. The first kappa shape index (κ1) is 24.6. The Balaban J connectivity index is 1.37. The van der Waals surface area contributed by atoms with Crippen LogP contribution in [0.4, 0.5) is 4.39 Å². The van der Waals surface area contributed by atoms with Gasteiger partial charge >= 0.3 is 0 Å². The Morgan fingerprint density at radius 1 is 1.00 bits per heavy atom. The Hall–Kier alpha value is -4.78. The summed E-state index contributed by atoms with van der Waals surface area (Å²) in [5, 5.41) is 3.40. The minimum Gasteiger partial charge on any atom is -0.455 e. The van der Waals surface area contributed by atoms with Gasteiger partial charge in [0.2, 0.25) is 0 Å². The van der Waals surface area contributed by atoms with Crippen molar-refractivity contribution >= 4 is 22.8 Å². The van der Waals surface area contributed by atoms with Crippen LogP contribution >= 0.6 is 0 Å². The zero-order chi connectivity index (χ0) is 27.1. The van der Waals surface area contributed by atoms with E-state index >= 15 is 0 Å². The van der Waals surface area contributed by atoms with Gasteiger partial charge in [-0.25, -0.2) is 9.37 Å². The molecule has 1 N–H and O–H groups in total. The van der Waals surface area contributed by atoms with E-state index in [1.54, 1.807) is 24.1 Å². The first-order valence-corrected chi connectivity index (χ1v) is 12.8. The van der Waals surface area contributed by atoms with Gasteiger partial charge in [-0.2, -0.15) is 0 Å². The first-order valence-electron chi connectivity index (χ1n) is 12.8. The molecule has 0 spiro atoms. The molecule has 0 saturated heterocycles. The van der Waals surface area contributed by atoms with Gasteiger partial charge in [0.15, 0.2) is 0 Å². The van der Waals surface area contributed by atoms with Crippen LogP contribution in [-0.4, -0.2) is 35.3 Å². The number of nitrogens with one attached hydrogen (secondary N) is 1. The first-order chi connectivity index (χ1) is 18.9. The van der Waals surface area contributed by atoms with Gasteiger partial charge in [-0.05, 0) is 60.9 Å². The second-order valence-corrected chi connectivity index (χ2v) is 9.77. The third-order valence-electron chi connectivity index (χ3n) is 7.16. The highest BCUT2D eigenvalue weighted by Crippen LogP contribution is 2.36. The molecule has 6 rings (SSSR count). The molecule has 1 aliphatic rings. The fourth-order valence-corrected chi connectivity index (χ4v) is 5.02. The lowest BCUT2D eigenvalue weighted by Crippen LogP contribution is -2.37. The van der Waals surface area contributed by atoms with Crippen molar-refractivity contribution in [2.75, 3.05) is 13.6 Å². The number of hydrogen-bond acceptors (Lipinski definition) is 4. The fraction of sp³-hybridized carbons (Fsp3) is 0.156. The van der Waals surface area contributed by atoms with Crippen LogP contribution < -0.4 is 5.32 Å². The quantitative estimate of drug-likeness (QED) is 0.301. The summed E-state index contributed by atoms with van der Waals surface area (Å²) >= 11 is 0. The van der Waals surface area contributed by atoms with Gasteiger partial charge in [0.25, 0.3) is 11.8 Å². The Labute approximate surface area is 225 Å². The van der Waals surface area contributed by atoms with Crippen LogP contribution in [0.1, 0.15) is 37.5 Å². The number of halogens is 1. The van der Waals surface area contributed by atoms with Crippen LogP contribution in [0, 0.1) is 12.7 Å². The van der Waals surface area contributed by atoms with Crippen molar-refractivity contribution < 1.29 is 18.4 Å². The lowest BCUT2D eigenvalue weighted by Gasteiger charge is -2.28. The van der Waals surface area contributed by atoms with Crippen LogP contribution in [0.5, 0.6) is 0 Å². The number of aromatic nitrogens is 1. The zero-order valence-electron chi connectivity index (χ0n) is 21.6. The van der Waals surface area contributed by atoms with Gasteiger partial charge in [0, 0.05) is 36.7 Å². The Kier molecular flexibility index (Phi) is 6.19. The summed E-state index contributed by atoms with van der Waals surface area (Å²) in [6.45, 7) is 2.97. The third-order valence-corrected chi connectivity index (χ3v) is 7.16. The molecule has 0 fully saturated rings. The van der Waals surface area contributed by atoms with Crippen LogP contribution in [0.3, 0.4) is 0 Å². The highest BCUT2D eigenvalue weighted by molar-refractivity contribution is 6.11. The minimum atomic E-state index is -0.305. The summed E-state index contributed by atoms with van der Waals surface area (Å²) in [4.78, 5) is 32.9. The van der Waals surface area contributed by atoms with Crippen molar-refractivity contribution in [1.82, 2.24) is 15.2 Å². The molecule has 6 nitrogen and oxygen atoms in total. The summed E-state index contributed by atoms with van der Waals surface area (Å²) in [6, 6.07) is 23.5. The lowest BCUT2D eigenvalue weighted by molar-refractivity contribution is 0.0720. The molecular weight excluding hydrogens is 493 g/mol. The maximum atomic E-state index is 13.4. The normalized spacial score (nSPS) is 13.0. The summed E-state index contributed by atoms with van der Waals surface area (Å²) in [7, 11) is 1.60. The van der Waals surface area contributed by atoms with E-state index in [0.29, 0.717) is 53.2 Å². The largest absolute Gasteiger partial charge is 0.455 e. The molecule has 2 aromatic heterocycles. The number of pyridine rings is 1. The Morgan fingerprint density at radius 3 is 2.49 bits per heavy atom. The van der Waals surface area contributed by atoms with Gasteiger partial charge in [-0.1, -0.05) is 48.0 Å². The molecule has 5 aromatic rings. The number of aryl methyl sites for hydroxylation is 1. The Bertz CT molecular complexity index is 1720. The number of hydrogen-bond donors (Lipinski definition) is 1. The number of benzene rings is 3. The van der Waals surface area contributed by atoms with Crippen molar-refractivity contribution in [1.29, 1.82) is 0 Å². The molecule has 0 radical (unpaired) electrons. The molecule has 3 aromatic carbocycles. The molecule has 0 atom stereocenters. The molecule has 0 bridgehead atoms. The number of nitrogens with zero attached hydrogens (tertiary/aromatic N) is 2. The number of carbonyl (C=O) groups excluding carboxylic acids is 2. The van der Waals surface area contributed by atoms with Gasteiger partial charge in [-0.3, -0.25) is 9.59 Å². The van der Waals surface area contributed by atoms with E-state index in [1.807, 2.05) is 61.5 Å². The predicted molar refractivity (Wildman–Crippen MR) is 148 cm³/mol. The molecule has 0 aliphatic carbocycles. The van der Waals surface area contributed by atoms with Crippen molar-refractivity contribution in [3.05, 3.63) is 113 Å². The molecular formula is C32H26FN3O3. The molecule has 0 saturated carbocycles. The van der Waals surface area contributed by atoms with E-state index in [4.69, 9.17) is 9.40 Å². The van der Waals surface area contributed by atoms with E-state index in [0.717, 1.165) is 27.8 Å². The number of fused-ring (bicyclic) bond motifs is 2. The second-order valence-electron chi connectivity index (χ2n) is 9.77. The number of carbonyl (C=O) groups is 2.